The van der Waals surface area contributed by atoms with Crippen LogP contribution in [0.15, 0.2) is 18.2 Å². The van der Waals surface area contributed by atoms with Crippen molar-refractivity contribution in [3.63, 3.8) is 0 Å². The van der Waals surface area contributed by atoms with Crippen LogP contribution >= 0.6 is 0 Å². The molecule has 0 atom stereocenters. The van der Waals surface area contributed by atoms with E-state index in [0.717, 1.165) is 19.6 Å². The van der Waals surface area contributed by atoms with Crippen LogP contribution < -0.4 is 4.74 Å². The molecule has 16 heavy (non-hydrogen) atoms. The van der Waals surface area contributed by atoms with E-state index in [2.05, 4.69) is 18.7 Å². The molecular weight excluding hydrogens is 206 g/mol. The van der Waals surface area contributed by atoms with Gasteiger partial charge in [0, 0.05) is 12.6 Å². The molecule has 0 unspecified atom stereocenters. The lowest BCUT2D eigenvalue weighted by Crippen LogP contribution is -2.27. The number of rotatable bonds is 6. The van der Waals surface area contributed by atoms with Gasteiger partial charge in [0.2, 0.25) is 0 Å². The molecule has 0 fully saturated rings. The molecule has 4 heteroatoms. The molecular formula is C12H19NO3. The summed E-state index contributed by atoms with van der Waals surface area (Å²) in [6.45, 7) is 7.65. The van der Waals surface area contributed by atoms with Gasteiger partial charge in [-0.1, -0.05) is 13.8 Å². The fraction of sp³-hybridized carbons (Fsp3) is 0.500. The maximum Gasteiger partial charge on any atom is 0.161 e. The molecule has 0 radical (unpaired) electrons. The summed E-state index contributed by atoms with van der Waals surface area (Å²) in [5.41, 5.74) is 0. The molecule has 0 aliphatic heterocycles. The second-order valence-corrected chi connectivity index (χ2v) is 3.53. The van der Waals surface area contributed by atoms with Gasteiger partial charge in [-0.3, -0.25) is 0 Å². The minimum Gasteiger partial charge on any atom is -0.504 e. The standard InChI is InChI=1S/C12H19NO3/c1-3-13(4-2)7-8-16-10-5-6-11(14)12(15)9-10/h5-6,9,14-15H,3-4,7-8H2,1-2H3. The number of hydrogen-bond acceptors (Lipinski definition) is 4. The first-order valence-corrected chi connectivity index (χ1v) is 5.54. The lowest BCUT2D eigenvalue weighted by atomic mass is 10.3. The highest BCUT2D eigenvalue weighted by molar-refractivity contribution is 5.43. The van der Waals surface area contributed by atoms with E-state index in [1.165, 1.54) is 12.1 Å². The Morgan fingerprint density at radius 2 is 1.81 bits per heavy atom. The van der Waals surface area contributed by atoms with E-state index in [1.807, 2.05) is 0 Å². The average Bonchev–Trinajstić information content (AvgIpc) is 2.29. The van der Waals surface area contributed by atoms with E-state index in [4.69, 9.17) is 9.84 Å². The molecule has 0 bridgehead atoms. The number of hydrogen-bond donors (Lipinski definition) is 2. The predicted molar refractivity (Wildman–Crippen MR) is 63.1 cm³/mol. The molecule has 0 saturated heterocycles. The van der Waals surface area contributed by atoms with E-state index >= 15 is 0 Å². The van der Waals surface area contributed by atoms with Crippen molar-refractivity contribution in [2.75, 3.05) is 26.2 Å². The Labute approximate surface area is 96.1 Å². The Morgan fingerprint density at radius 3 is 2.38 bits per heavy atom. The number of phenolic OH excluding ortho intramolecular Hbond substituents is 2. The van der Waals surface area contributed by atoms with Crippen molar-refractivity contribution in [3.8, 4) is 17.2 Å². The first kappa shape index (κ1) is 12.6. The SMILES string of the molecule is CCN(CC)CCOc1ccc(O)c(O)c1. The maximum atomic E-state index is 9.26. The van der Waals surface area contributed by atoms with Gasteiger partial charge in [0.05, 0.1) is 0 Å². The highest BCUT2D eigenvalue weighted by atomic mass is 16.5. The summed E-state index contributed by atoms with van der Waals surface area (Å²) in [6, 6.07) is 4.47. The minimum absolute atomic E-state index is 0.129. The number of ether oxygens (including phenoxy) is 1. The highest BCUT2D eigenvalue weighted by Crippen LogP contribution is 2.28. The molecule has 2 N–H and O–H groups in total. The second kappa shape index (κ2) is 6.23. The normalized spacial score (nSPS) is 10.7. The topological polar surface area (TPSA) is 52.9 Å². The van der Waals surface area contributed by atoms with Crippen LogP contribution in [0.3, 0.4) is 0 Å². The molecule has 90 valence electrons. The molecule has 0 saturated carbocycles. The molecule has 0 spiro atoms. The summed E-state index contributed by atoms with van der Waals surface area (Å²) in [7, 11) is 0. The Kier molecular flexibility index (Phi) is 4.92. The zero-order valence-corrected chi connectivity index (χ0v) is 9.81. The first-order valence-electron chi connectivity index (χ1n) is 5.54. The lowest BCUT2D eigenvalue weighted by molar-refractivity contribution is 0.222. The summed E-state index contributed by atoms with van der Waals surface area (Å²) >= 11 is 0. The molecule has 0 aromatic heterocycles. The summed E-state index contributed by atoms with van der Waals surface area (Å²) < 4.78 is 5.46. The van der Waals surface area contributed by atoms with E-state index in [1.54, 1.807) is 6.07 Å². The van der Waals surface area contributed by atoms with Gasteiger partial charge < -0.3 is 19.8 Å². The number of aromatic hydroxyl groups is 2. The molecule has 0 aliphatic rings. The quantitative estimate of drug-likeness (QED) is 0.725. The Morgan fingerprint density at radius 1 is 1.12 bits per heavy atom. The zero-order valence-electron chi connectivity index (χ0n) is 9.81. The lowest BCUT2D eigenvalue weighted by Gasteiger charge is -2.18. The number of nitrogens with zero attached hydrogens (tertiary/aromatic N) is 1. The third kappa shape index (κ3) is 3.62. The second-order valence-electron chi connectivity index (χ2n) is 3.53. The molecule has 1 aromatic rings. The van der Waals surface area contributed by atoms with Crippen molar-refractivity contribution in [2.24, 2.45) is 0 Å². The number of benzene rings is 1. The van der Waals surface area contributed by atoms with Gasteiger partial charge in [-0.2, -0.15) is 0 Å². The van der Waals surface area contributed by atoms with Crippen LogP contribution in [0.2, 0.25) is 0 Å². The smallest absolute Gasteiger partial charge is 0.161 e. The number of phenols is 2. The Hall–Kier alpha value is -1.42. The fourth-order valence-corrected chi connectivity index (χ4v) is 1.43. The number of likely N-dealkylation sites (N-methyl/N-ethyl adjacent to an activating group) is 1. The van der Waals surface area contributed by atoms with Gasteiger partial charge in [-0.15, -0.1) is 0 Å². The van der Waals surface area contributed by atoms with Crippen molar-refractivity contribution in [1.82, 2.24) is 4.90 Å². The summed E-state index contributed by atoms with van der Waals surface area (Å²) in [6.07, 6.45) is 0. The van der Waals surface area contributed by atoms with Crippen molar-refractivity contribution in [3.05, 3.63) is 18.2 Å². The monoisotopic (exact) mass is 225 g/mol. The molecule has 0 heterocycles. The molecule has 4 nitrogen and oxygen atoms in total. The highest BCUT2D eigenvalue weighted by Gasteiger charge is 2.02. The van der Waals surface area contributed by atoms with Crippen molar-refractivity contribution < 1.29 is 14.9 Å². The maximum absolute atomic E-state index is 9.26. The summed E-state index contributed by atoms with van der Waals surface area (Å²) in [5, 5.41) is 18.4. The van der Waals surface area contributed by atoms with Crippen LogP contribution in [0.5, 0.6) is 17.2 Å². The van der Waals surface area contributed by atoms with E-state index in [-0.39, 0.29) is 11.5 Å². The predicted octanol–water partition coefficient (Wildman–Crippen LogP) is 1.82. The molecule has 1 rings (SSSR count). The van der Waals surface area contributed by atoms with Gasteiger partial charge in [0.1, 0.15) is 12.4 Å². The Bertz CT molecular complexity index is 324. The van der Waals surface area contributed by atoms with Crippen LogP contribution in [0, 0.1) is 0 Å². The third-order valence-corrected chi connectivity index (χ3v) is 2.52. The van der Waals surface area contributed by atoms with E-state index < -0.39 is 0 Å². The van der Waals surface area contributed by atoms with Crippen molar-refractivity contribution in [1.29, 1.82) is 0 Å². The van der Waals surface area contributed by atoms with Crippen LogP contribution in [-0.4, -0.2) is 41.4 Å². The Balaban J connectivity index is 2.40. The summed E-state index contributed by atoms with van der Waals surface area (Å²) in [5.74, 6) is 0.291. The van der Waals surface area contributed by atoms with Gasteiger partial charge in [-0.25, -0.2) is 0 Å². The van der Waals surface area contributed by atoms with Gasteiger partial charge in [0.15, 0.2) is 11.5 Å². The van der Waals surface area contributed by atoms with Crippen LogP contribution in [0.1, 0.15) is 13.8 Å². The summed E-state index contributed by atoms with van der Waals surface area (Å²) in [4.78, 5) is 2.25. The van der Waals surface area contributed by atoms with Gasteiger partial charge in [0.25, 0.3) is 0 Å². The third-order valence-electron chi connectivity index (χ3n) is 2.52. The van der Waals surface area contributed by atoms with Crippen LogP contribution in [0.4, 0.5) is 0 Å². The first-order chi connectivity index (χ1) is 7.67. The fourth-order valence-electron chi connectivity index (χ4n) is 1.43. The largest absolute Gasteiger partial charge is 0.504 e. The molecule has 0 aliphatic carbocycles. The van der Waals surface area contributed by atoms with Crippen molar-refractivity contribution in [2.45, 2.75) is 13.8 Å². The van der Waals surface area contributed by atoms with Crippen LogP contribution in [0.25, 0.3) is 0 Å². The van der Waals surface area contributed by atoms with Crippen LogP contribution in [-0.2, 0) is 0 Å². The van der Waals surface area contributed by atoms with E-state index in [9.17, 15) is 5.11 Å². The van der Waals surface area contributed by atoms with Crippen molar-refractivity contribution >= 4 is 0 Å². The molecule has 0 amide bonds. The minimum atomic E-state index is -0.152. The zero-order chi connectivity index (χ0) is 12.0. The average molecular weight is 225 g/mol. The van der Waals surface area contributed by atoms with Gasteiger partial charge in [-0.05, 0) is 25.2 Å². The van der Waals surface area contributed by atoms with Gasteiger partial charge >= 0.3 is 0 Å². The van der Waals surface area contributed by atoms with E-state index in [0.29, 0.717) is 12.4 Å². The molecule has 1 aromatic carbocycles.